The van der Waals surface area contributed by atoms with E-state index in [-0.39, 0.29) is 71.8 Å². The topological polar surface area (TPSA) is 142 Å². The second kappa shape index (κ2) is 18.4. The molecule has 324 valence electrons. The van der Waals surface area contributed by atoms with Crippen LogP contribution < -0.4 is 5.32 Å². The largest absolute Gasteiger partial charge is 0.469 e. The Bertz CT molecular complexity index is 1470. The van der Waals surface area contributed by atoms with Crippen LogP contribution in [0.15, 0.2) is 12.2 Å². The average molecular weight is 802 g/mol. The van der Waals surface area contributed by atoms with Gasteiger partial charge in [-0.05, 0) is 89.5 Å². The van der Waals surface area contributed by atoms with Gasteiger partial charge in [0.2, 0.25) is 0 Å². The Kier molecular flexibility index (Phi) is 14.9. The van der Waals surface area contributed by atoms with Crippen LogP contribution in [0, 0.1) is 53.8 Å². The van der Waals surface area contributed by atoms with E-state index >= 15 is 0 Å². The van der Waals surface area contributed by atoms with Gasteiger partial charge in [0.25, 0.3) is 0 Å². The number of nitrogens with one attached hydrogen (secondary N) is 1. The second-order valence-electron chi connectivity index (χ2n) is 18.7. The van der Waals surface area contributed by atoms with Crippen molar-refractivity contribution in [1.29, 1.82) is 0 Å². The molecular formula is C46H75NO10. The van der Waals surface area contributed by atoms with Gasteiger partial charge in [0.05, 0.1) is 73.4 Å². The molecule has 0 radical (unpaired) electrons. The molecule has 11 nitrogen and oxygen atoms in total. The number of terminal acetylenes is 1. The van der Waals surface area contributed by atoms with Gasteiger partial charge in [-0.1, -0.05) is 67.4 Å². The molecule has 4 fully saturated rings. The molecule has 0 aromatic rings. The Morgan fingerprint density at radius 3 is 2.28 bits per heavy atom. The summed E-state index contributed by atoms with van der Waals surface area (Å²) in [5, 5.41) is 26.5. The highest BCUT2D eigenvalue weighted by atomic mass is 16.8. The molecule has 5 heterocycles. The van der Waals surface area contributed by atoms with Crippen molar-refractivity contribution >= 4 is 11.8 Å². The van der Waals surface area contributed by atoms with E-state index in [0.717, 1.165) is 19.3 Å². The molecule has 2 spiro atoms. The third-order valence-electron chi connectivity index (χ3n) is 15.1. The van der Waals surface area contributed by atoms with Crippen LogP contribution in [-0.4, -0.2) is 101 Å². The van der Waals surface area contributed by atoms with Gasteiger partial charge < -0.3 is 38.6 Å². The van der Waals surface area contributed by atoms with E-state index in [1.54, 1.807) is 0 Å². The summed E-state index contributed by atoms with van der Waals surface area (Å²) >= 11 is 0. The molecule has 3 N–H and O–H groups in total. The summed E-state index contributed by atoms with van der Waals surface area (Å²) in [4.78, 5) is 27.2. The molecule has 5 aliphatic rings. The minimum Gasteiger partial charge on any atom is -0.469 e. The number of hydrogen-bond donors (Lipinski definition) is 3. The summed E-state index contributed by atoms with van der Waals surface area (Å²) in [6.07, 6.45) is 13.8. The highest BCUT2D eigenvalue weighted by molar-refractivity contribution is 5.84. The number of hydrogen-bond acceptors (Lipinski definition) is 11. The van der Waals surface area contributed by atoms with Crippen LogP contribution in [0.3, 0.4) is 0 Å². The molecule has 4 saturated heterocycles. The fourth-order valence-corrected chi connectivity index (χ4v) is 11.0. The van der Waals surface area contributed by atoms with Gasteiger partial charge >= 0.3 is 5.97 Å². The van der Waals surface area contributed by atoms with Crippen molar-refractivity contribution in [2.24, 2.45) is 41.4 Å². The van der Waals surface area contributed by atoms with Crippen LogP contribution in [0.25, 0.3) is 0 Å². The first-order valence-electron chi connectivity index (χ1n) is 22.2. The van der Waals surface area contributed by atoms with Gasteiger partial charge in [0.1, 0.15) is 5.78 Å². The number of carbonyl (C=O) groups excluding carboxylic acids is 2. The maximum Gasteiger partial charge on any atom is 0.311 e. The fourth-order valence-electron chi connectivity index (χ4n) is 11.0. The van der Waals surface area contributed by atoms with Crippen LogP contribution in [0.5, 0.6) is 0 Å². The Morgan fingerprint density at radius 2 is 1.67 bits per heavy atom. The SMILES string of the molecule is C#CCN[C@@H]1C=C[C@]2(O[C@H]([C@@H](CC)C(=O)[C@@H](C)[C@@H](O)[C@H](C)C3O[C@@H](C(CC)C(=O)OC)CC[C@@H]3C)[C@@H](C)C[C@H]2C)O[C@@]12CC[C@@](C)([C@H]1CC[C@](O)(CC)[C@H](C)O1)O2. The molecule has 18 atom stereocenters. The first-order valence-corrected chi connectivity index (χ1v) is 22.2. The molecule has 0 aromatic heterocycles. The maximum atomic E-state index is 14.6. The normalized spacial score (nSPS) is 43.5. The third kappa shape index (κ3) is 8.96. The van der Waals surface area contributed by atoms with Crippen molar-refractivity contribution in [3.63, 3.8) is 0 Å². The average Bonchev–Trinajstić information content (AvgIpc) is 3.54. The Morgan fingerprint density at radius 1 is 0.965 bits per heavy atom. The molecule has 0 bridgehead atoms. The molecule has 11 heteroatoms. The van der Waals surface area contributed by atoms with Gasteiger partial charge in [0.15, 0.2) is 11.6 Å². The molecule has 0 amide bonds. The number of esters is 1. The number of aliphatic hydroxyl groups excluding tert-OH is 1. The number of rotatable bonds is 14. The van der Waals surface area contributed by atoms with Crippen LogP contribution in [0.1, 0.15) is 133 Å². The van der Waals surface area contributed by atoms with Crippen LogP contribution in [-0.2, 0) is 38.0 Å². The zero-order chi connectivity index (χ0) is 42.1. The zero-order valence-corrected chi connectivity index (χ0v) is 36.8. The predicted octanol–water partition coefficient (Wildman–Crippen LogP) is 6.51. The van der Waals surface area contributed by atoms with Crippen molar-refractivity contribution in [3.8, 4) is 12.3 Å². The fraction of sp³-hybridized carbons (Fsp3) is 0.870. The minimum atomic E-state index is -1.17. The first kappa shape index (κ1) is 46.2. The summed E-state index contributed by atoms with van der Waals surface area (Å²) < 4.78 is 39.7. The number of aliphatic hydroxyl groups is 2. The molecular weight excluding hydrogens is 727 g/mol. The molecule has 0 saturated carbocycles. The van der Waals surface area contributed by atoms with E-state index in [1.807, 2.05) is 47.6 Å². The molecule has 57 heavy (non-hydrogen) atoms. The minimum absolute atomic E-state index is 0.0391. The third-order valence-corrected chi connectivity index (χ3v) is 15.1. The monoisotopic (exact) mass is 802 g/mol. The van der Waals surface area contributed by atoms with E-state index in [4.69, 9.17) is 34.8 Å². The zero-order valence-electron chi connectivity index (χ0n) is 36.8. The Balaban J connectivity index is 1.35. The number of carbonyl (C=O) groups is 2. The Hall–Kier alpha value is -1.88. The Labute approximate surface area is 343 Å². The quantitative estimate of drug-likeness (QED) is 0.101. The molecule has 0 aromatic carbocycles. The highest BCUT2D eigenvalue weighted by Crippen LogP contribution is 2.54. The molecule has 2 unspecified atom stereocenters. The van der Waals surface area contributed by atoms with Crippen molar-refractivity contribution in [1.82, 2.24) is 5.32 Å². The number of ether oxygens (including phenoxy) is 6. The number of Topliss-reactive ketones (excluding diaryl/α,β-unsaturated/α-hetero) is 1. The van der Waals surface area contributed by atoms with E-state index in [0.29, 0.717) is 51.5 Å². The van der Waals surface area contributed by atoms with Crippen molar-refractivity contribution in [3.05, 3.63) is 12.2 Å². The van der Waals surface area contributed by atoms with E-state index < -0.39 is 46.8 Å². The summed E-state index contributed by atoms with van der Waals surface area (Å²) in [5.74, 6) is -1.64. The lowest BCUT2D eigenvalue weighted by Crippen LogP contribution is -2.65. The lowest BCUT2D eigenvalue weighted by atomic mass is 9.72. The summed E-state index contributed by atoms with van der Waals surface area (Å²) in [6, 6.07) is -0.354. The van der Waals surface area contributed by atoms with Gasteiger partial charge in [-0.15, -0.1) is 6.42 Å². The molecule has 5 rings (SSSR count). The van der Waals surface area contributed by atoms with Gasteiger partial charge in [-0.25, -0.2) is 0 Å². The summed E-state index contributed by atoms with van der Waals surface area (Å²) in [6.45, 7) is 20.5. The lowest BCUT2D eigenvalue weighted by Gasteiger charge is -2.55. The van der Waals surface area contributed by atoms with Crippen LogP contribution in [0.4, 0.5) is 0 Å². The standard InChI is InChI=1S/C46H75NO10/c1-13-25-47-36-19-22-45(57-46(36)24-23-43(11,56-46)37-20-21-44(51,16-4)32(10)53-37)29(7)26-28(6)41(55-45)34(15-3)39(49)30(8)38(48)31(9)40-27(5)17-18-35(54-40)33(14-2)42(50)52-12/h1,19,22,27-38,40-41,47-48,51H,14-18,20-21,23-26H2,2-12H3/t27-,28-,29+,30-,31-,32-,33?,34-,35+,36+,37+,38+,40?,41-,43-,44+,45-,46-/m0/s1. The van der Waals surface area contributed by atoms with Gasteiger partial charge in [-0.3, -0.25) is 14.9 Å². The van der Waals surface area contributed by atoms with Crippen molar-refractivity contribution in [2.75, 3.05) is 13.7 Å². The highest BCUT2D eigenvalue weighted by Gasteiger charge is 2.63. The van der Waals surface area contributed by atoms with Crippen LogP contribution >= 0.6 is 0 Å². The smallest absolute Gasteiger partial charge is 0.311 e. The van der Waals surface area contributed by atoms with Crippen molar-refractivity contribution < 1.29 is 48.2 Å². The number of methoxy groups -OCH3 is 1. The van der Waals surface area contributed by atoms with E-state index in [9.17, 15) is 19.8 Å². The lowest BCUT2D eigenvalue weighted by molar-refractivity contribution is -0.398. The first-order chi connectivity index (χ1) is 26.9. The summed E-state index contributed by atoms with van der Waals surface area (Å²) in [7, 11) is 1.40. The van der Waals surface area contributed by atoms with Crippen molar-refractivity contribution in [2.45, 2.75) is 199 Å². The van der Waals surface area contributed by atoms with E-state index in [1.165, 1.54) is 7.11 Å². The maximum absolute atomic E-state index is 14.6. The van der Waals surface area contributed by atoms with Gasteiger partial charge in [-0.2, -0.15) is 0 Å². The van der Waals surface area contributed by atoms with E-state index in [2.05, 4.69) is 45.0 Å². The second-order valence-corrected chi connectivity index (χ2v) is 18.7. The predicted molar refractivity (Wildman–Crippen MR) is 218 cm³/mol. The van der Waals surface area contributed by atoms with Crippen LogP contribution in [0.2, 0.25) is 0 Å². The molecule has 5 aliphatic heterocycles. The summed E-state index contributed by atoms with van der Waals surface area (Å²) in [5.41, 5.74) is -1.55. The molecule has 0 aliphatic carbocycles. The van der Waals surface area contributed by atoms with Gasteiger partial charge in [0, 0.05) is 30.1 Å². The number of ketones is 1.